The number of nitro groups is 1. The molecule has 2 rings (SSSR count). The van der Waals surface area contributed by atoms with Crippen molar-refractivity contribution in [2.75, 3.05) is 0 Å². The highest BCUT2D eigenvalue weighted by molar-refractivity contribution is 9.10. The van der Waals surface area contributed by atoms with E-state index in [1.54, 1.807) is 17.4 Å². The molecule has 0 aliphatic carbocycles. The van der Waals surface area contributed by atoms with Gasteiger partial charge in [0.05, 0.1) is 9.40 Å². The van der Waals surface area contributed by atoms with Crippen LogP contribution in [0.4, 0.5) is 5.69 Å². The lowest BCUT2D eigenvalue weighted by atomic mass is 10.1. The average molecular weight is 369 g/mol. The Morgan fingerprint density at radius 3 is 2.81 bits per heavy atom. The summed E-state index contributed by atoms with van der Waals surface area (Å²) in [4.78, 5) is 11.9. The van der Waals surface area contributed by atoms with E-state index < -0.39 is 0 Å². The molecule has 1 unspecified atom stereocenters. The number of thiophene rings is 1. The van der Waals surface area contributed by atoms with Crippen molar-refractivity contribution in [2.45, 2.75) is 32.4 Å². The van der Waals surface area contributed by atoms with E-state index in [1.807, 2.05) is 12.1 Å². The van der Waals surface area contributed by atoms with Gasteiger partial charge in [0, 0.05) is 23.5 Å². The van der Waals surface area contributed by atoms with Crippen molar-refractivity contribution in [3.8, 4) is 0 Å². The summed E-state index contributed by atoms with van der Waals surface area (Å²) in [7, 11) is 0. The van der Waals surface area contributed by atoms with Crippen molar-refractivity contribution in [1.29, 1.82) is 0 Å². The van der Waals surface area contributed by atoms with Crippen LogP contribution < -0.4 is 5.32 Å². The summed E-state index contributed by atoms with van der Waals surface area (Å²) in [5, 5.41) is 16.5. The molecule has 0 aliphatic rings. The summed E-state index contributed by atoms with van der Waals surface area (Å²) in [6, 6.07) is 9.60. The largest absolute Gasteiger partial charge is 0.305 e. The molecule has 0 aliphatic heterocycles. The van der Waals surface area contributed by atoms with Gasteiger partial charge in [0.2, 0.25) is 0 Å². The maximum absolute atomic E-state index is 11.0. The molecule has 0 spiro atoms. The number of benzene rings is 1. The van der Waals surface area contributed by atoms with Crippen LogP contribution in [0.15, 0.2) is 40.2 Å². The minimum absolute atomic E-state index is 0.109. The molecule has 1 aromatic carbocycles. The van der Waals surface area contributed by atoms with E-state index >= 15 is 0 Å². The van der Waals surface area contributed by atoms with Crippen LogP contribution >= 0.6 is 27.3 Å². The Hall–Kier alpha value is -1.24. The zero-order chi connectivity index (χ0) is 15.2. The SMILES string of the molecule is CCCC(NCc1cccc([N+](=O)[O-])c1Br)c1cccs1. The van der Waals surface area contributed by atoms with Crippen LogP contribution in [0, 0.1) is 10.1 Å². The monoisotopic (exact) mass is 368 g/mol. The van der Waals surface area contributed by atoms with Gasteiger partial charge in [-0.15, -0.1) is 11.3 Å². The van der Waals surface area contributed by atoms with E-state index in [0.29, 0.717) is 17.1 Å². The molecule has 1 heterocycles. The second kappa shape index (κ2) is 7.68. The zero-order valence-corrected chi connectivity index (χ0v) is 14.1. The maximum Gasteiger partial charge on any atom is 0.283 e. The van der Waals surface area contributed by atoms with Crippen LogP contribution in [-0.2, 0) is 6.54 Å². The van der Waals surface area contributed by atoms with Crippen LogP contribution in [0.5, 0.6) is 0 Å². The molecule has 0 radical (unpaired) electrons. The second-order valence-corrected chi connectivity index (χ2v) is 6.52. The topological polar surface area (TPSA) is 55.2 Å². The first-order chi connectivity index (χ1) is 10.1. The molecule has 0 saturated heterocycles. The Balaban J connectivity index is 2.11. The molecule has 1 N–H and O–H groups in total. The van der Waals surface area contributed by atoms with Crippen LogP contribution in [0.2, 0.25) is 0 Å². The summed E-state index contributed by atoms with van der Waals surface area (Å²) in [6.07, 6.45) is 2.14. The number of hydrogen-bond donors (Lipinski definition) is 1. The van der Waals surface area contributed by atoms with Crippen LogP contribution in [0.3, 0.4) is 0 Å². The van der Waals surface area contributed by atoms with E-state index in [1.165, 1.54) is 10.9 Å². The van der Waals surface area contributed by atoms with E-state index in [0.717, 1.165) is 18.4 Å². The third-order valence-electron chi connectivity index (χ3n) is 3.26. The van der Waals surface area contributed by atoms with E-state index in [2.05, 4.69) is 39.6 Å². The normalized spacial score (nSPS) is 12.3. The van der Waals surface area contributed by atoms with Gasteiger partial charge in [-0.25, -0.2) is 0 Å². The van der Waals surface area contributed by atoms with Gasteiger partial charge in [0.15, 0.2) is 0 Å². The summed E-state index contributed by atoms with van der Waals surface area (Å²) in [5.74, 6) is 0. The Morgan fingerprint density at radius 2 is 2.19 bits per heavy atom. The highest BCUT2D eigenvalue weighted by atomic mass is 79.9. The molecule has 21 heavy (non-hydrogen) atoms. The van der Waals surface area contributed by atoms with Gasteiger partial charge in [0.25, 0.3) is 5.69 Å². The van der Waals surface area contributed by atoms with Crippen LogP contribution in [0.25, 0.3) is 0 Å². The highest BCUT2D eigenvalue weighted by Crippen LogP contribution is 2.29. The number of nitro benzene ring substituents is 1. The van der Waals surface area contributed by atoms with Crippen molar-refractivity contribution < 1.29 is 4.92 Å². The second-order valence-electron chi connectivity index (χ2n) is 4.74. The van der Waals surface area contributed by atoms with Gasteiger partial charge in [-0.05, 0) is 39.4 Å². The Morgan fingerprint density at radius 1 is 1.38 bits per heavy atom. The minimum atomic E-state index is -0.365. The Bertz CT molecular complexity index is 602. The van der Waals surface area contributed by atoms with Crippen molar-refractivity contribution in [1.82, 2.24) is 5.32 Å². The molecule has 2 aromatic rings. The summed E-state index contributed by atoms with van der Waals surface area (Å²) < 4.78 is 0.559. The first kappa shape index (κ1) is 16.1. The molecule has 1 aromatic heterocycles. The van der Waals surface area contributed by atoms with Crippen molar-refractivity contribution in [2.24, 2.45) is 0 Å². The molecular weight excluding hydrogens is 352 g/mol. The van der Waals surface area contributed by atoms with Gasteiger partial charge in [-0.2, -0.15) is 0 Å². The molecule has 112 valence electrons. The van der Waals surface area contributed by atoms with Gasteiger partial charge in [-0.1, -0.05) is 31.5 Å². The van der Waals surface area contributed by atoms with Crippen molar-refractivity contribution >= 4 is 33.0 Å². The summed E-state index contributed by atoms with van der Waals surface area (Å²) >= 11 is 5.08. The van der Waals surface area contributed by atoms with Gasteiger partial charge in [-0.3, -0.25) is 10.1 Å². The van der Waals surface area contributed by atoms with Crippen molar-refractivity contribution in [3.05, 3.63) is 60.7 Å². The maximum atomic E-state index is 11.0. The number of halogens is 1. The molecular formula is C15H17BrN2O2S. The minimum Gasteiger partial charge on any atom is -0.305 e. The Labute approximate surface area is 136 Å². The quantitative estimate of drug-likeness (QED) is 0.549. The molecule has 1 atom stereocenters. The zero-order valence-electron chi connectivity index (χ0n) is 11.7. The third-order valence-corrected chi connectivity index (χ3v) is 5.16. The number of hydrogen-bond acceptors (Lipinski definition) is 4. The number of rotatable bonds is 7. The molecule has 4 nitrogen and oxygen atoms in total. The fraction of sp³-hybridized carbons (Fsp3) is 0.333. The predicted octanol–water partition coefficient (Wildman–Crippen LogP) is 5.05. The molecule has 6 heteroatoms. The Kier molecular flexibility index (Phi) is 5.90. The van der Waals surface area contributed by atoms with Crippen LogP contribution in [-0.4, -0.2) is 4.92 Å². The molecule has 0 bridgehead atoms. The van der Waals surface area contributed by atoms with E-state index in [9.17, 15) is 10.1 Å². The molecule has 0 saturated carbocycles. The van der Waals surface area contributed by atoms with Crippen LogP contribution in [0.1, 0.15) is 36.2 Å². The smallest absolute Gasteiger partial charge is 0.283 e. The standard InChI is InChI=1S/C15H17BrN2O2S/c1-2-5-12(14-8-4-9-21-14)17-10-11-6-3-7-13(15(11)16)18(19)20/h3-4,6-9,12,17H,2,5,10H2,1H3. The van der Waals surface area contributed by atoms with E-state index in [4.69, 9.17) is 0 Å². The summed E-state index contributed by atoms with van der Waals surface area (Å²) in [5.41, 5.74) is 1.01. The molecule has 0 amide bonds. The lowest BCUT2D eigenvalue weighted by molar-refractivity contribution is -0.385. The summed E-state index contributed by atoms with van der Waals surface area (Å²) in [6.45, 7) is 2.76. The first-order valence-electron chi connectivity index (χ1n) is 6.82. The van der Waals surface area contributed by atoms with Gasteiger partial charge < -0.3 is 5.32 Å². The highest BCUT2D eigenvalue weighted by Gasteiger charge is 2.16. The number of nitrogens with one attached hydrogen (secondary N) is 1. The lowest BCUT2D eigenvalue weighted by Crippen LogP contribution is -2.20. The van der Waals surface area contributed by atoms with Gasteiger partial charge >= 0.3 is 0 Å². The fourth-order valence-electron chi connectivity index (χ4n) is 2.20. The first-order valence-corrected chi connectivity index (χ1v) is 8.49. The molecule has 0 fully saturated rings. The van der Waals surface area contributed by atoms with Gasteiger partial charge in [0.1, 0.15) is 0 Å². The van der Waals surface area contributed by atoms with E-state index in [-0.39, 0.29) is 10.6 Å². The average Bonchev–Trinajstić information content (AvgIpc) is 2.98. The fourth-order valence-corrected chi connectivity index (χ4v) is 3.59. The third kappa shape index (κ3) is 4.12. The van der Waals surface area contributed by atoms with Crippen molar-refractivity contribution in [3.63, 3.8) is 0 Å². The predicted molar refractivity (Wildman–Crippen MR) is 89.6 cm³/mol. The lowest BCUT2D eigenvalue weighted by Gasteiger charge is -2.17. The number of nitrogens with zero attached hydrogens (tertiary/aromatic N) is 1.